The molecule has 3 heterocycles. The van der Waals surface area contributed by atoms with Crippen LogP contribution in [0.4, 0.5) is 0 Å². The number of nitrogens with zero attached hydrogens (tertiary/aromatic N) is 2. The molecular formula is C24H29N3O3S2. The Kier molecular flexibility index (Phi) is 6.02. The molecular weight excluding hydrogens is 442 g/mol. The maximum Gasteiger partial charge on any atom is 0.274 e. The van der Waals surface area contributed by atoms with Gasteiger partial charge >= 0.3 is 0 Å². The number of benzene rings is 1. The lowest BCUT2D eigenvalue weighted by atomic mass is 9.96. The maximum atomic E-state index is 13.2. The number of hydrogen-bond donors (Lipinski definition) is 1. The molecule has 32 heavy (non-hydrogen) atoms. The Labute approximate surface area is 197 Å². The molecule has 8 heteroatoms. The van der Waals surface area contributed by atoms with Crippen LogP contribution in [0.2, 0.25) is 0 Å². The number of amides is 1. The third-order valence-corrected chi connectivity index (χ3v) is 7.30. The predicted molar refractivity (Wildman–Crippen MR) is 131 cm³/mol. The van der Waals surface area contributed by atoms with Crippen LogP contribution in [-0.2, 0) is 6.61 Å². The van der Waals surface area contributed by atoms with E-state index in [4.69, 9.17) is 9.47 Å². The monoisotopic (exact) mass is 471 g/mol. The minimum atomic E-state index is -0.309. The summed E-state index contributed by atoms with van der Waals surface area (Å²) in [6.45, 7) is 10.6. The number of fused-ring (bicyclic) bond motifs is 3. The summed E-state index contributed by atoms with van der Waals surface area (Å²) in [5.41, 5.74) is 4.63. The van der Waals surface area contributed by atoms with Gasteiger partial charge in [-0.15, -0.1) is 11.8 Å². The van der Waals surface area contributed by atoms with Crippen molar-refractivity contribution in [1.29, 1.82) is 0 Å². The summed E-state index contributed by atoms with van der Waals surface area (Å²) in [4.78, 5) is 15.9. The molecule has 0 spiro atoms. The number of rotatable bonds is 5. The Bertz CT molecular complexity index is 1140. The second-order valence-corrected chi connectivity index (χ2v) is 11.5. The normalized spacial score (nSPS) is 12.9. The Morgan fingerprint density at radius 3 is 2.72 bits per heavy atom. The third-order valence-electron chi connectivity index (χ3n) is 5.59. The number of methoxy groups -OCH3 is 1. The Morgan fingerprint density at radius 1 is 1.38 bits per heavy atom. The number of aromatic amines is 1. The molecule has 1 aromatic carbocycles. The van der Waals surface area contributed by atoms with Crippen molar-refractivity contribution >= 4 is 29.0 Å². The maximum absolute atomic E-state index is 13.2. The molecule has 0 radical (unpaired) electrons. The van der Waals surface area contributed by atoms with Crippen LogP contribution in [0.1, 0.15) is 50.7 Å². The van der Waals surface area contributed by atoms with Crippen LogP contribution in [0.25, 0.3) is 22.4 Å². The zero-order valence-electron chi connectivity index (χ0n) is 19.5. The molecule has 0 fully saturated rings. The standard InChI is InChI=1S/C24H29N3O3S2/c1-13(2)32-17-10-15-19-16(20(26-25-19)23(28)27(6)24(3,4)5)11-30-21(15)18(22(17)29-7)14-8-9-31-12-14/h8-10,12-13H,11H2,1-7H3,(H,25,26). The number of aromatic nitrogens is 2. The van der Waals surface area contributed by atoms with Gasteiger partial charge in [0.05, 0.1) is 23.3 Å². The first-order valence-electron chi connectivity index (χ1n) is 10.6. The number of H-pyrrole nitrogens is 1. The van der Waals surface area contributed by atoms with Crippen molar-refractivity contribution in [3.63, 3.8) is 0 Å². The molecule has 1 amide bonds. The molecule has 4 rings (SSSR count). The van der Waals surface area contributed by atoms with E-state index in [-0.39, 0.29) is 18.1 Å². The number of carbonyl (C=O) groups excluding carboxylic acids is 1. The molecule has 0 aliphatic carbocycles. The van der Waals surface area contributed by atoms with E-state index < -0.39 is 0 Å². The van der Waals surface area contributed by atoms with E-state index in [9.17, 15) is 4.79 Å². The number of ether oxygens (including phenoxy) is 2. The summed E-state index contributed by atoms with van der Waals surface area (Å²) in [7, 11) is 3.50. The van der Waals surface area contributed by atoms with Gasteiger partial charge in [-0.1, -0.05) is 13.8 Å². The van der Waals surface area contributed by atoms with Gasteiger partial charge in [0.15, 0.2) is 5.69 Å². The molecule has 1 aliphatic rings. The van der Waals surface area contributed by atoms with Crippen LogP contribution in [0, 0.1) is 0 Å². The van der Waals surface area contributed by atoms with Gasteiger partial charge in [0.1, 0.15) is 18.1 Å². The third kappa shape index (κ3) is 3.90. The summed E-state index contributed by atoms with van der Waals surface area (Å²) in [6, 6.07) is 4.16. The van der Waals surface area contributed by atoms with Crippen molar-refractivity contribution in [2.45, 2.75) is 56.9 Å². The van der Waals surface area contributed by atoms with E-state index in [1.54, 1.807) is 42.2 Å². The van der Waals surface area contributed by atoms with E-state index in [0.29, 0.717) is 10.9 Å². The quantitative estimate of drug-likeness (QED) is 0.457. The molecule has 1 N–H and O–H groups in total. The van der Waals surface area contributed by atoms with E-state index in [1.807, 2.05) is 26.2 Å². The number of thiophene rings is 1. The SMILES string of the molecule is COc1c(SC(C)C)cc2c(c1-c1ccsc1)OCc1c(C(=O)N(C)C(C)(C)C)n[nH]c1-2. The highest BCUT2D eigenvalue weighted by atomic mass is 32.2. The molecule has 170 valence electrons. The summed E-state index contributed by atoms with van der Waals surface area (Å²) in [5, 5.41) is 12.1. The molecule has 0 unspecified atom stereocenters. The van der Waals surface area contributed by atoms with Gasteiger partial charge in [0.25, 0.3) is 5.91 Å². The number of thioether (sulfide) groups is 1. The number of carbonyl (C=O) groups is 1. The molecule has 2 aromatic heterocycles. The fourth-order valence-corrected chi connectivity index (χ4v) is 5.32. The van der Waals surface area contributed by atoms with Crippen LogP contribution < -0.4 is 9.47 Å². The Morgan fingerprint density at radius 2 is 2.12 bits per heavy atom. The topological polar surface area (TPSA) is 67.5 Å². The number of nitrogens with one attached hydrogen (secondary N) is 1. The van der Waals surface area contributed by atoms with Gasteiger partial charge in [0, 0.05) is 29.0 Å². The van der Waals surface area contributed by atoms with Crippen molar-refractivity contribution in [2.75, 3.05) is 14.2 Å². The average molecular weight is 472 g/mol. The van der Waals surface area contributed by atoms with Crippen LogP contribution in [0.3, 0.4) is 0 Å². The van der Waals surface area contributed by atoms with Crippen molar-refractivity contribution < 1.29 is 14.3 Å². The molecule has 1 aliphatic heterocycles. The first kappa shape index (κ1) is 22.7. The Hall–Kier alpha value is -2.45. The molecule has 0 bridgehead atoms. The first-order chi connectivity index (χ1) is 15.1. The lowest BCUT2D eigenvalue weighted by molar-refractivity contribution is 0.0647. The van der Waals surface area contributed by atoms with E-state index in [0.717, 1.165) is 44.3 Å². The first-order valence-corrected chi connectivity index (χ1v) is 12.4. The summed E-state index contributed by atoms with van der Waals surface area (Å²) in [6.07, 6.45) is 0. The van der Waals surface area contributed by atoms with Gasteiger partial charge < -0.3 is 14.4 Å². The highest BCUT2D eigenvalue weighted by Gasteiger charge is 2.34. The van der Waals surface area contributed by atoms with Crippen molar-refractivity contribution in [3.05, 3.63) is 34.2 Å². The number of hydrogen-bond acceptors (Lipinski definition) is 6. The Balaban J connectivity index is 1.91. The van der Waals surface area contributed by atoms with Gasteiger partial charge in [-0.25, -0.2) is 0 Å². The van der Waals surface area contributed by atoms with E-state index in [1.165, 1.54) is 0 Å². The average Bonchev–Trinajstić information content (AvgIpc) is 3.40. The highest BCUT2D eigenvalue weighted by molar-refractivity contribution is 8.00. The lowest BCUT2D eigenvalue weighted by Crippen LogP contribution is -2.43. The highest BCUT2D eigenvalue weighted by Crippen LogP contribution is 2.52. The van der Waals surface area contributed by atoms with Gasteiger partial charge in [-0.3, -0.25) is 9.89 Å². The van der Waals surface area contributed by atoms with Crippen LogP contribution >= 0.6 is 23.1 Å². The van der Waals surface area contributed by atoms with Crippen molar-refractivity contribution in [1.82, 2.24) is 15.1 Å². The van der Waals surface area contributed by atoms with Gasteiger partial charge in [-0.05, 0) is 49.2 Å². The second kappa shape index (κ2) is 8.48. The molecule has 0 saturated heterocycles. The van der Waals surface area contributed by atoms with Crippen LogP contribution in [0.15, 0.2) is 27.8 Å². The lowest BCUT2D eigenvalue weighted by Gasteiger charge is -2.32. The summed E-state index contributed by atoms with van der Waals surface area (Å²) in [5.74, 6) is 1.45. The predicted octanol–water partition coefficient (Wildman–Crippen LogP) is 6.08. The van der Waals surface area contributed by atoms with Gasteiger partial charge in [-0.2, -0.15) is 16.4 Å². The molecule has 0 atom stereocenters. The minimum Gasteiger partial charge on any atom is -0.495 e. The molecule has 0 saturated carbocycles. The minimum absolute atomic E-state index is 0.120. The zero-order chi connectivity index (χ0) is 23.2. The van der Waals surface area contributed by atoms with Crippen molar-refractivity contribution in [3.8, 4) is 33.9 Å². The largest absolute Gasteiger partial charge is 0.495 e. The molecule has 3 aromatic rings. The fraction of sp³-hybridized carbons (Fsp3) is 0.417. The summed E-state index contributed by atoms with van der Waals surface area (Å²) < 4.78 is 12.2. The van der Waals surface area contributed by atoms with E-state index in [2.05, 4.69) is 41.6 Å². The van der Waals surface area contributed by atoms with E-state index >= 15 is 0 Å². The molecule has 6 nitrogen and oxygen atoms in total. The summed E-state index contributed by atoms with van der Waals surface area (Å²) >= 11 is 3.38. The smallest absolute Gasteiger partial charge is 0.274 e. The van der Waals surface area contributed by atoms with Crippen molar-refractivity contribution in [2.24, 2.45) is 0 Å². The van der Waals surface area contributed by atoms with Crippen LogP contribution in [-0.4, -0.2) is 46.0 Å². The van der Waals surface area contributed by atoms with Gasteiger partial charge in [0.2, 0.25) is 0 Å². The zero-order valence-corrected chi connectivity index (χ0v) is 21.2. The van der Waals surface area contributed by atoms with Crippen LogP contribution in [0.5, 0.6) is 11.5 Å². The second-order valence-electron chi connectivity index (χ2n) is 9.09. The fourth-order valence-electron chi connectivity index (χ4n) is 3.69.